The predicted octanol–water partition coefficient (Wildman–Crippen LogP) is 4.03. The predicted molar refractivity (Wildman–Crippen MR) is 93.2 cm³/mol. The molecule has 2 aromatic carbocycles. The van der Waals surface area contributed by atoms with Crippen LogP contribution < -0.4 is 10.1 Å². The van der Waals surface area contributed by atoms with Crippen LogP contribution in [0.5, 0.6) is 5.75 Å². The second-order valence-electron chi connectivity index (χ2n) is 5.78. The topological polar surface area (TPSA) is 67.0 Å². The zero-order chi connectivity index (χ0) is 19.4. The van der Waals surface area contributed by atoms with E-state index in [2.05, 4.69) is 15.5 Å². The van der Waals surface area contributed by atoms with E-state index in [-0.39, 0.29) is 12.2 Å². The Morgan fingerprint density at radius 3 is 2.56 bits per heavy atom. The van der Waals surface area contributed by atoms with E-state index < -0.39 is 17.6 Å². The molecular weight excluding hydrogens is 359 g/mol. The number of halogens is 3. The molecule has 0 spiro atoms. The molecule has 0 atom stereocenters. The summed E-state index contributed by atoms with van der Waals surface area (Å²) in [5.41, 5.74) is 1.44. The van der Waals surface area contributed by atoms with Gasteiger partial charge in [0.15, 0.2) is 0 Å². The van der Waals surface area contributed by atoms with Gasteiger partial charge in [0, 0.05) is 12.1 Å². The average Bonchev–Trinajstić information content (AvgIpc) is 3.16. The Bertz CT molecular complexity index is 934. The fourth-order valence-electron chi connectivity index (χ4n) is 2.46. The number of nitrogens with zero attached hydrogens (tertiary/aromatic N) is 1. The Labute approximate surface area is 153 Å². The molecule has 8 heteroatoms. The molecule has 0 aliphatic carbocycles. The zero-order valence-corrected chi connectivity index (χ0v) is 14.3. The molecule has 1 heterocycles. The van der Waals surface area contributed by atoms with Crippen LogP contribution in [0.25, 0.3) is 11.3 Å². The van der Waals surface area contributed by atoms with E-state index in [1.165, 1.54) is 12.1 Å². The Morgan fingerprint density at radius 1 is 1.15 bits per heavy atom. The number of aromatic amines is 1. The van der Waals surface area contributed by atoms with Gasteiger partial charge < -0.3 is 10.1 Å². The molecule has 140 valence electrons. The van der Waals surface area contributed by atoms with Crippen molar-refractivity contribution < 1.29 is 22.7 Å². The minimum absolute atomic E-state index is 0.102. The number of carbonyl (C=O) groups excluding carboxylic acids is 1. The third kappa shape index (κ3) is 4.46. The molecule has 0 bridgehead atoms. The number of H-pyrrole nitrogens is 1. The number of methoxy groups -OCH3 is 1. The Hall–Kier alpha value is -3.29. The van der Waals surface area contributed by atoms with Crippen molar-refractivity contribution in [3.63, 3.8) is 0 Å². The first-order chi connectivity index (χ1) is 12.9. The smallest absolute Gasteiger partial charge is 0.416 e. The van der Waals surface area contributed by atoms with Gasteiger partial charge in [0.1, 0.15) is 11.4 Å². The number of rotatable bonds is 5. The van der Waals surface area contributed by atoms with Crippen LogP contribution in [0.3, 0.4) is 0 Å². The Kier molecular flexibility index (Phi) is 5.16. The van der Waals surface area contributed by atoms with Gasteiger partial charge >= 0.3 is 6.18 Å². The number of benzene rings is 2. The molecule has 3 rings (SSSR count). The van der Waals surface area contributed by atoms with E-state index in [9.17, 15) is 18.0 Å². The molecule has 0 aliphatic heterocycles. The highest BCUT2D eigenvalue weighted by molar-refractivity contribution is 5.93. The summed E-state index contributed by atoms with van der Waals surface area (Å²) in [5, 5.41) is 9.41. The van der Waals surface area contributed by atoms with E-state index in [1.54, 1.807) is 25.3 Å². The minimum atomic E-state index is -4.38. The first-order valence-electron chi connectivity index (χ1n) is 8.01. The molecule has 0 radical (unpaired) electrons. The maximum atomic E-state index is 12.6. The van der Waals surface area contributed by atoms with Crippen LogP contribution in [0, 0.1) is 0 Å². The molecular formula is C19H16F3N3O2. The largest absolute Gasteiger partial charge is 0.497 e. The number of alkyl halides is 3. The number of hydrogen-bond donors (Lipinski definition) is 2. The summed E-state index contributed by atoms with van der Waals surface area (Å²) in [6.45, 7) is 0.102. The van der Waals surface area contributed by atoms with Crippen LogP contribution in [0.1, 0.15) is 21.6 Å². The van der Waals surface area contributed by atoms with Gasteiger partial charge in [-0.15, -0.1) is 0 Å². The number of hydrogen-bond acceptors (Lipinski definition) is 3. The molecule has 2 N–H and O–H groups in total. The van der Waals surface area contributed by atoms with Crippen LogP contribution >= 0.6 is 0 Å². The molecule has 27 heavy (non-hydrogen) atoms. The van der Waals surface area contributed by atoms with Crippen molar-refractivity contribution in [1.29, 1.82) is 0 Å². The lowest BCUT2D eigenvalue weighted by Gasteiger charge is -2.08. The fraction of sp³-hybridized carbons (Fsp3) is 0.158. The fourth-order valence-corrected chi connectivity index (χ4v) is 2.46. The van der Waals surface area contributed by atoms with Crippen LogP contribution in [-0.4, -0.2) is 23.2 Å². The molecule has 0 unspecified atom stereocenters. The van der Waals surface area contributed by atoms with Crippen molar-refractivity contribution in [2.24, 2.45) is 0 Å². The van der Waals surface area contributed by atoms with Gasteiger partial charge in [-0.1, -0.05) is 24.3 Å². The van der Waals surface area contributed by atoms with Crippen LogP contribution in [0.2, 0.25) is 0 Å². The Morgan fingerprint density at radius 2 is 1.89 bits per heavy atom. The maximum absolute atomic E-state index is 12.6. The number of carbonyl (C=O) groups is 1. The van der Waals surface area contributed by atoms with Gasteiger partial charge in [0.05, 0.1) is 18.4 Å². The van der Waals surface area contributed by atoms with E-state index in [0.717, 1.165) is 17.7 Å². The standard InChI is InChI=1S/C19H16F3N3O2/c1-27-15-4-2-3-13(9-15)16-10-17(25-24-16)18(26)23-11-12-5-7-14(8-6-12)19(20,21)22/h2-10H,11H2,1H3,(H,23,26)(H,24,25). The van der Waals surface area contributed by atoms with E-state index in [4.69, 9.17) is 4.74 Å². The average molecular weight is 375 g/mol. The molecule has 0 aliphatic rings. The van der Waals surface area contributed by atoms with Gasteiger partial charge in [-0.05, 0) is 35.9 Å². The van der Waals surface area contributed by atoms with E-state index >= 15 is 0 Å². The van der Waals surface area contributed by atoms with Crippen molar-refractivity contribution in [2.45, 2.75) is 12.7 Å². The highest BCUT2D eigenvalue weighted by Crippen LogP contribution is 2.29. The molecule has 0 saturated carbocycles. The van der Waals surface area contributed by atoms with Crippen molar-refractivity contribution in [2.75, 3.05) is 7.11 Å². The van der Waals surface area contributed by atoms with Gasteiger partial charge in [-0.2, -0.15) is 18.3 Å². The number of amides is 1. The van der Waals surface area contributed by atoms with Crippen molar-refractivity contribution in [3.8, 4) is 17.0 Å². The van der Waals surface area contributed by atoms with Gasteiger partial charge in [0.25, 0.3) is 5.91 Å². The van der Waals surface area contributed by atoms with Gasteiger partial charge in [-0.3, -0.25) is 9.89 Å². The van der Waals surface area contributed by atoms with E-state index in [1.807, 2.05) is 12.1 Å². The molecule has 0 fully saturated rings. The maximum Gasteiger partial charge on any atom is 0.416 e. The second-order valence-corrected chi connectivity index (χ2v) is 5.78. The van der Waals surface area contributed by atoms with E-state index in [0.29, 0.717) is 17.0 Å². The summed E-state index contributed by atoms with van der Waals surface area (Å²) >= 11 is 0. The summed E-state index contributed by atoms with van der Waals surface area (Å²) in [7, 11) is 1.56. The number of ether oxygens (including phenoxy) is 1. The summed E-state index contributed by atoms with van der Waals surface area (Å²) in [4.78, 5) is 12.2. The highest BCUT2D eigenvalue weighted by Gasteiger charge is 2.29. The lowest BCUT2D eigenvalue weighted by molar-refractivity contribution is -0.137. The number of aromatic nitrogens is 2. The third-order valence-electron chi connectivity index (χ3n) is 3.92. The monoisotopic (exact) mass is 375 g/mol. The lowest BCUT2D eigenvalue weighted by Crippen LogP contribution is -2.23. The molecule has 3 aromatic rings. The highest BCUT2D eigenvalue weighted by atomic mass is 19.4. The summed E-state index contributed by atoms with van der Waals surface area (Å²) in [5.74, 6) is 0.264. The second kappa shape index (κ2) is 7.53. The first-order valence-corrected chi connectivity index (χ1v) is 8.01. The summed E-state index contributed by atoms with van der Waals surface area (Å²) in [6.07, 6.45) is -4.38. The van der Waals surface area contributed by atoms with Crippen LogP contribution in [-0.2, 0) is 12.7 Å². The van der Waals surface area contributed by atoms with Gasteiger partial charge in [0.2, 0.25) is 0 Å². The van der Waals surface area contributed by atoms with Gasteiger partial charge in [-0.25, -0.2) is 0 Å². The molecule has 1 aromatic heterocycles. The summed E-state index contributed by atoms with van der Waals surface area (Å²) < 4.78 is 42.8. The van der Waals surface area contributed by atoms with Crippen molar-refractivity contribution >= 4 is 5.91 Å². The Balaban J connectivity index is 1.64. The quantitative estimate of drug-likeness (QED) is 0.707. The van der Waals surface area contributed by atoms with Crippen molar-refractivity contribution in [3.05, 3.63) is 71.4 Å². The number of nitrogens with one attached hydrogen (secondary N) is 2. The van der Waals surface area contributed by atoms with Crippen LogP contribution in [0.15, 0.2) is 54.6 Å². The normalized spacial score (nSPS) is 11.3. The minimum Gasteiger partial charge on any atom is -0.497 e. The first kappa shape index (κ1) is 18.5. The summed E-state index contributed by atoms with van der Waals surface area (Å²) in [6, 6.07) is 13.5. The van der Waals surface area contributed by atoms with Crippen LogP contribution in [0.4, 0.5) is 13.2 Å². The molecule has 0 saturated heterocycles. The molecule has 5 nitrogen and oxygen atoms in total. The molecule has 1 amide bonds. The zero-order valence-electron chi connectivity index (χ0n) is 14.3. The SMILES string of the molecule is COc1cccc(-c2cc(C(=O)NCc3ccc(C(F)(F)F)cc3)[nH]n2)c1. The van der Waals surface area contributed by atoms with Crippen molar-refractivity contribution in [1.82, 2.24) is 15.5 Å². The lowest BCUT2D eigenvalue weighted by atomic mass is 10.1. The third-order valence-corrected chi connectivity index (χ3v) is 3.92.